The van der Waals surface area contributed by atoms with Crippen LogP contribution in [0.1, 0.15) is 11.1 Å². The van der Waals surface area contributed by atoms with Crippen molar-refractivity contribution in [3.63, 3.8) is 0 Å². The highest BCUT2D eigenvalue weighted by molar-refractivity contribution is 7.89. The molecule has 0 aromatic heterocycles. The highest BCUT2D eigenvalue weighted by atomic mass is 35.5. The Labute approximate surface area is 139 Å². The molecule has 0 heterocycles. The molecular weight excluding hydrogens is 379 g/mol. The summed E-state index contributed by atoms with van der Waals surface area (Å²) in [5, 5.41) is -0.480. The van der Waals surface area contributed by atoms with Crippen molar-refractivity contribution in [2.24, 2.45) is 0 Å². The predicted molar refractivity (Wildman–Crippen MR) is 79.1 cm³/mol. The normalized spacial score (nSPS) is 11.7. The fourth-order valence-electron chi connectivity index (χ4n) is 1.91. The van der Waals surface area contributed by atoms with Crippen LogP contribution in [0.2, 0.25) is 10.0 Å². The summed E-state index contributed by atoms with van der Waals surface area (Å²) in [6.07, 6.45) is 0. The van der Waals surface area contributed by atoms with E-state index in [0.29, 0.717) is 0 Å². The van der Waals surface area contributed by atoms with E-state index in [1.807, 2.05) is 0 Å². The van der Waals surface area contributed by atoms with Gasteiger partial charge >= 0.3 is 0 Å². The molecule has 0 bridgehead atoms. The van der Waals surface area contributed by atoms with Crippen molar-refractivity contribution >= 4 is 33.0 Å². The summed E-state index contributed by atoms with van der Waals surface area (Å²) in [6, 6.07) is 3.00. The monoisotopic (exact) mass is 386 g/mol. The van der Waals surface area contributed by atoms with E-state index < -0.39 is 55.7 Å². The fourth-order valence-corrected chi connectivity index (χ4v) is 3.83. The van der Waals surface area contributed by atoms with Gasteiger partial charge in [0.25, 0.3) is 0 Å². The van der Waals surface area contributed by atoms with Gasteiger partial charge in [-0.3, -0.25) is 0 Å². The van der Waals surface area contributed by atoms with Crippen molar-refractivity contribution in [2.75, 3.05) is 0 Å². The Morgan fingerprint density at radius 3 is 1.22 bits per heavy atom. The quantitative estimate of drug-likeness (QED) is 0.715. The number of sulfone groups is 1. The molecule has 2 nitrogen and oxygen atoms in total. The Hall–Kier alpha value is -1.31. The van der Waals surface area contributed by atoms with E-state index in [-0.39, 0.29) is 10.0 Å². The second-order valence-corrected chi connectivity index (χ2v) is 7.67. The molecule has 0 N–H and O–H groups in total. The fraction of sp³-hybridized carbons (Fsp3) is 0.143. The minimum absolute atomic E-state index is 0.240. The standard InChI is InChI=1S/C14H8Cl2F4O2S/c15-7-1-11(17)9(12(18)2-7)5-23(21,22)6-10-13(19)3-8(16)4-14(10)20/h1-4H,5-6H2. The second kappa shape index (κ2) is 6.67. The lowest BCUT2D eigenvalue weighted by Crippen LogP contribution is -2.12. The van der Waals surface area contributed by atoms with Crippen LogP contribution in [0.25, 0.3) is 0 Å². The minimum atomic E-state index is -4.25. The number of hydrogen-bond donors (Lipinski definition) is 0. The van der Waals surface area contributed by atoms with Gasteiger partial charge in [0.15, 0.2) is 9.84 Å². The molecule has 0 spiro atoms. The largest absolute Gasteiger partial charge is 0.228 e. The first-order valence-electron chi connectivity index (χ1n) is 6.06. The Kier molecular flexibility index (Phi) is 5.23. The number of hydrogen-bond acceptors (Lipinski definition) is 2. The summed E-state index contributed by atoms with van der Waals surface area (Å²) in [7, 11) is -4.25. The van der Waals surface area contributed by atoms with Crippen LogP contribution in [-0.2, 0) is 21.3 Å². The molecule has 0 atom stereocenters. The lowest BCUT2D eigenvalue weighted by atomic mass is 10.2. The van der Waals surface area contributed by atoms with Crippen molar-refractivity contribution in [1.82, 2.24) is 0 Å². The topological polar surface area (TPSA) is 34.1 Å². The SMILES string of the molecule is O=S(=O)(Cc1c(F)cc(Cl)cc1F)Cc1c(F)cc(Cl)cc1F. The molecule has 0 aliphatic heterocycles. The molecule has 0 aliphatic rings. The first-order chi connectivity index (χ1) is 10.6. The Morgan fingerprint density at radius 2 is 0.957 bits per heavy atom. The van der Waals surface area contributed by atoms with Crippen LogP contribution >= 0.6 is 23.2 Å². The third-order valence-electron chi connectivity index (χ3n) is 2.94. The Morgan fingerprint density at radius 1 is 0.696 bits per heavy atom. The first kappa shape index (κ1) is 18.0. The van der Waals surface area contributed by atoms with E-state index in [1.54, 1.807) is 0 Å². The van der Waals surface area contributed by atoms with Crippen molar-refractivity contribution < 1.29 is 26.0 Å². The van der Waals surface area contributed by atoms with E-state index in [1.165, 1.54) is 0 Å². The van der Waals surface area contributed by atoms with Gasteiger partial charge in [0.2, 0.25) is 0 Å². The van der Waals surface area contributed by atoms with Crippen LogP contribution in [-0.4, -0.2) is 8.42 Å². The van der Waals surface area contributed by atoms with E-state index in [4.69, 9.17) is 23.2 Å². The molecule has 0 saturated heterocycles. The summed E-state index contributed by atoms with van der Waals surface area (Å²) in [5.41, 5.74) is -1.49. The van der Waals surface area contributed by atoms with E-state index in [2.05, 4.69) is 0 Å². The van der Waals surface area contributed by atoms with Gasteiger partial charge < -0.3 is 0 Å². The molecule has 0 radical (unpaired) electrons. The van der Waals surface area contributed by atoms with Crippen LogP contribution < -0.4 is 0 Å². The first-order valence-corrected chi connectivity index (χ1v) is 8.64. The van der Waals surface area contributed by atoms with Gasteiger partial charge in [-0.05, 0) is 24.3 Å². The Bertz CT molecular complexity index is 758. The van der Waals surface area contributed by atoms with Gasteiger partial charge in [-0.15, -0.1) is 0 Å². The van der Waals surface area contributed by atoms with Crippen molar-refractivity contribution in [2.45, 2.75) is 11.5 Å². The number of halogens is 6. The van der Waals surface area contributed by atoms with Gasteiger partial charge in [-0.2, -0.15) is 0 Å². The molecule has 0 saturated carbocycles. The van der Waals surface area contributed by atoms with Crippen molar-refractivity contribution in [1.29, 1.82) is 0 Å². The van der Waals surface area contributed by atoms with Crippen LogP contribution in [0, 0.1) is 23.3 Å². The molecular formula is C14H8Cl2F4O2S. The third-order valence-corrected chi connectivity index (χ3v) is 4.83. The van der Waals surface area contributed by atoms with Crippen LogP contribution in [0.4, 0.5) is 17.6 Å². The lowest BCUT2D eigenvalue weighted by Gasteiger charge is -2.09. The molecule has 2 aromatic rings. The van der Waals surface area contributed by atoms with Gasteiger partial charge in [0, 0.05) is 21.2 Å². The zero-order valence-corrected chi connectivity index (χ0v) is 13.5. The predicted octanol–water partition coefficient (Wildman–Crippen LogP) is 4.66. The Balaban J connectivity index is 2.35. The molecule has 0 fully saturated rings. The smallest absolute Gasteiger partial charge is 0.159 e. The van der Waals surface area contributed by atoms with E-state index >= 15 is 0 Å². The number of benzene rings is 2. The van der Waals surface area contributed by atoms with E-state index in [9.17, 15) is 26.0 Å². The summed E-state index contributed by atoms with van der Waals surface area (Å²) >= 11 is 10.9. The maximum atomic E-state index is 13.6. The zero-order chi connectivity index (χ0) is 17.4. The molecule has 0 aliphatic carbocycles. The molecule has 9 heteroatoms. The van der Waals surface area contributed by atoms with E-state index in [0.717, 1.165) is 24.3 Å². The third kappa shape index (κ3) is 4.37. The van der Waals surface area contributed by atoms with Gasteiger partial charge in [0.1, 0.15) is 23.3 Å². The molecule has 0 unspecified atom stereocenters. The summed E-state index contributed by atoms with van der Waals surface area (Å²) in [5.74, 6) is -6.76. The van der Waals surface area contributed by atoms with Gasteiger partial charge in [-0.1, -0.05) is 23.2 Å². The van der Waals surface area contributed by atoms with Gasteiger partial charge in [-0.25, -0.2) is 26.0 Å². The molecule has 2 rings (SSSR count). The van der Waals surface area contributed by atoms with Crippen molar-refractivity contribution in [3.05, 3.63) is 68.7 Å². The molecule has 2 aromatic carbocycles. The highest BCUT2D eigenvalue weighted by Gasteiger charge is 2.23. The molecule has 124 valence electrons. The summed E-state index contributed by atoms with van der Waals surface area (Å²) < 4.78 is 78.6. The van der Waals surface area contributed by atoms with Crippen LogP contribution in [0.3, 0.4) is 0 Å². The highest BCUT2D eigenvalue weighted by Crippen LogP contribution is 2.25. The van der Waals surface area contributed by atoms with Crippen molar-refractivity contribution in [3.8, 4) is 0 Å². The summed E-state index contributed by atoms with van der Waals surface area (Å²) in [4.78, 5) is 0. The minimum Gasteiger partial charge on any atom is -0.228 e. The van der Waals surface area contributed by atoms with Crippen LogP contribution in [0.15, 0.2) is 24.3 Å². The van der Waals surface area contributed by atoms with Gasteiger partial charge in [0.05, 0.1) is 11.5 Å². The zero-order valence-electron chi connectivity index (χ0n) is 11.2. The molecule has 23 heavy (non-hydrogen) atoms. The second-order valence-electron chi connectivity index (χ2n) is 4.73. The molecule has 0 amide bonds. The number of rotatable bonds is 4. The maximum Gasteiger partial charge on any atom is 0.159 e. The van der Waals surface area contributed by atoms with Crippen LogP contribution in [0.5, 0.6) is 0 Å². The summed E-state index contributed by atoms with van der Waals surface area (Å²) in [6.45, 7) is 0. The lowest BCUT2D eigenvalue weighted by molar-refractivity contribution is 0.547. The average molecular weight is 387 g/mol. The maximum absolute atomic E-state index is 13.6. The average Bonchev–Trinajstić information content (AvgIpc) is 2.38.